The maximum atomic E-state index is 12.9. The third kappa shape index (κ3) is 5.16. The molecule has 0 bridgehead atoms. The number of halogens is 3. The van der Waals surface area contributed by atoms with Crippen LogP contribution in [0.4, 0.5) is 18.2 Å². The molecule has 10 heteroatoms. The van der Waals surface area contributed by atoms with Crippen molar-refractivity contribution in [3.63, 3.8) is 0 Å². The fourth-order valence-corrected chi connectivity index (χ4v) is 5.27. The minimum atomic E-state index is -4.58. The molecule has 2 aromatic heterocycles. The second kappa shape index (κ2) is 8.88. The number of hydrogen-bond acceptors (Lipinski definition) is 5. The lowest BCUT2D eigenvalue weighted by Crippen LogP contribution is -2.26. The van der Waals surface area contributed by atoms with E-state index in [1.54, 1.807) is 6.92 Å². The van der Waals surface area contributed by atoms with Gasteiger partial charge in [0.15, 0.2) is 5.69 Å². The molecule has 0 aliphatic heterocycles. The Kier molecular flexibility index (Phi) is 6.74. The van der Waals surface area contributed by atoms with Crippen LogP contribution >= 0.6 is 11.3 Å². The third-order valence-electron chi connectivity index (χ3n) is 5.79. The van der Waals surface area contributed by atoms with Crippen molar-refractivity contribution in [2.45, 2.75) is 66.6 Å². The van der Waals surface area contributed by atoms with E-state index in [-0.39, 0.29) is 17.7 Å². The SMILES string of the molecule is CCOC(=O)c1c(NC(=O)Cn2nc(C(F)(F)F)cc2C)sc2c1CC[C@H](C(C)(C)C)C2. The number of anilines is 1. The number of ether oxygens (including phenoxy) is 1. The zero-order valence-electron chi connectivity index (χ0n) is 18.9. The van der Waals surface area contributed by atoms with E-state index in [4.69, 9.17) is 4.74 Å². The fourth-order valence-electron chi connectivity index (χ4n) is 3.94. The number of hydrogen-bond donors (Lipinski definition) is 1. The zero-order chi connectivity index (χ0) is 23.8. The summed E-state index contributed by atoms with van der Waals surface area (Å²) in [5, 5.41) is 6.60. The summed E-state index contributed by atoms with van der Waals surface area (Å²) in [6.07, 6.45) is -2.14. The Labute approximate surface area is 189 Å². The summed E-state index contributed by atoms with van der Waals surface area (Å²) >= 11 is 1.35. The Morgan fingerprint density at radius 1 is 1.31 bits per heavy atom. The molecule has 2 aromatic rings. The van der Waals surface area contributed by atoms with Gasteiger partial charge in [0, 0.05) is 10.6 Å². The van der Waals surface area contributed by atoms with Gasteiger partial charge in [-0.25, -0.2) is 4.79 Å². The smallest absolute Gasteiger partial charge is 0.435 e. The highest BCUT2D eigenvalue weighted by molar-refractivity contribution is 7.17. The fraction of sp³-hybridized carbons (Fsp3) is 0.591. The van der Waals surface area contributed by atoms with Gasteiger partial charge in [-0.15, -0.1) is 11.3 Å². The van der Waals surface area contributed by atoms with Crippen LogP contribution in [0.3, 0.4) is 0 Å². The predicted molar refractivity (Wildman–Crippen MR) is 116 cm³/mol. The molecule has 176 valence electrons. The van der Waals surface area contributed by atoms with Gasteiger partial charge in [-0.05, 0) is 56.1 Å². The first-order valence-electron chi connectivity index (χ1n) is 10.5. The molecular weight excluding hydrogens is 443 g/mol. The zero-order valence-corrected chi connectivity index (χ0v) is 19.7. The van der Waals surface area contributed by atoms with Gasteiger partial charge in [0.25, 0.3) is 0 Å². The van der Waals surface area contributed by atoms with Crippen LogP contribution in [0.2, 0.25) is 0 Å². The average Bonchev–Trinajstić information content (AvgIpc) is 3.20. The van der Waals surface area contributed by atoms with Gasteiger partial charge < -0.3 is 10.1 Å². The van der Waals surface area contributed by atoms with Gasteiger partial charge >= 0.3 is 12.1 Å². The van der Waals surface area contributed by atoms with E-state index in [1.165, 1.54) is 18.3 Å². The number of alkyl halides is 3. The van der Waals surface area contributed by atoms with Gasteiger partial charge in [-0.1, -0.05) is 20.8 Å². The lowest BCUT2D eigenvalue weighted by molar-refractivity contribution is -0.141. The highest BCUT2D eigenvalue weighted by atomic mass is 32.1. The van der Waals surface area contributed by atoms with Crippen LogP contribution in [-0.4, -0.2) is 28.3 Å². The molecule has 0 unspecified atom stereocenters. The summed E-state index contributed by atoms with van der Waals surface area (Å²) in [6, 6.07) is 0.897. The first kappa shape index (κ1) is 24.3. The highest BCUT2D eigenvalue weighted by Crippen LogP contribution is 2.44. The average molecular weight is 472 g/mol. The Morgan fingerprint density at radius 3 is 2.56 bits per heavy atom. The largest absolute Gasteiger partial charge is 0.462 e. The second-order valence-corrected chi connectivity index (χ2v) is 10.2. The van der Waals surface area contributed by atoms with Crippen LogP contribution in [0.1, 0.15) is 66.3 Å². The molecule has 1 aliphatic carbocycles. The molecule has 0 spiro atoms. The minimum absolute atomic E-state index is 0.114. The van der Waals surface area contributed by atoms with Crippen molar-refractivity contribution >= 4 is 28.2 Å². The maximum absolute atomic E-state index is 12.9. The third-order valence-corrected chi connectivity index (χ3v) is 6.96. The molecule has 0 radical (unpaired) electrons. The van der Waals surface area contributed by atoms with Crippen LogP contribution < -0.4 is 5.32 Å². The summed E-state index contributed by atoms with van der Waals surface area (Å²) < 4.78 is 44.9. The maximum Gasteiger partial charge on any atom is 0.435 e. The van der Waals surface area contributed by atoms with E-state index in [2.05, 4.69) is 31.2 Å². The standard InChI is InChI=1S/C22H28F3N3O3S/c1-6-31-20(30)18-14-8-7-13(21(3,4)5)10-15(14)32-19(18)26-17(29)11-28-12(2)9-16(27-28)22(23,24)25/h9,13H,6-8,10-11H2,1-5H3,(H,26,29)/t13-/m0/s1. The number of rotatable bonds is 5. The van der Waals surface area contributed by atoms with Crippen LogP contribution in [0.5, 0.6) is 0 Å². The van der Waals surface area contributed by atoms with Crippen LogP contribution in [0.15, 0.2) is 6.07 Å². The first-order valence-corrected chi connectivity index (χ1v) is 11.4. The van der Waals surface area contributed by atoms with E-state index >= 15 is 0 Å². The molecule has 6 nitrogen and oxygen atoms in total. The number of nitrogens with zero attached hydrogens (tertiary/aromatic N) is 2. The Balaban J connectivity index is 1.86. The van der Waals surface area contributed by atoms with Crippen molar-refractivity contribution in [2.24, 2.45) is 11.3 Å². The number of nitrogens with one attached hydrogen (secondary N) is 1. The Morgan fingerprint density at radius 2 is 2.00 bits per heavy atom. The highest BCUT2D eigenvalue weighted by Gasteiger charge is 2.36. The van der Waals surface area contributed by atoms with Crippen LogP contribution in [0, 0.1) is 18.3 Å². The second-order valence-electron chi connectivity index (χ2n) is 9.11. The number of thiophene rings is 1. The first-order chi connectivity index (χ1) is 14.8. The van der Waals surface area contributed by atoms with E-state index < -0.39 is 30.3 Å². The van der Waals surface area contributed by atoms with Gasteiger partial charge in [0.05, 0.1) is 12.2 Å². The lowest BCUT2D eigenvalue weighted by Gasteiger charge is -2.33. The number of fused-ring (bicyclic) bond motifs is 1. The molecule has 2 heterocycles. The van der Waals surface area contributed by atoms with Crippen molar-refractivity contribution < 1.29 is 27.5 Å². The van der Waals surface area contributed by atoms with Gasteiger partial charge in [-0.2, -0.15) is 18.3 Å². The molecule has 1 atom stereocenters. The monoisotopic (exact) mass is 471 g/mol. The minimum Gasteiger partial charge on any atom is -0.462 e. The molecule has 1 N–H and O–H groups in total. The molecular formula is C22H28F3N3O3S. The molecule has 1 amide bonds. The van der Waals surface area contributed by atoms with E-state index in [1.807, 2.05) is 0 Å². The van der Waals surface area contributed by atoms with E-state index in [0.717, 1.165) is 34.0 Å². The topological polar surface area (TPSA) is 73.2 Å². The quantitative estimate of drug-likeness (QED) is 0.606. The van der Waals surface area contributed by atoms with Crippen LogP contribution in [0.25, 0.3) is 0 Å². The van der Waals surface area contributed by atoms with Crippen molar-refractivity contribution in [2.75, 3.05) is 11.9 Å². The van der Waals surface area contributed by atoms with E-state index in [9.17, 15) is 22.8 Å². The number of aromatic nitrogens is 2. The number of carbonyl (C=O) groups excluding carboxylic acids is 2. The Hall–Kier alpha value is -2.36. The van der Waals surface area contributed by atoms with Gasteiger partial charge in [0.2, 0.25) is 5.91 Å². The summed E-state index contributed by atoms with van der Waals surface area (Å²) in [5.41, 5.74) is 0.550. The molecule has 0 fully saturated rings. The van der Waals surface area contributed by atoms with Gasteiger partial charge in [0.1, 0.15) is 11.5 Å². The summed E-state index contributed by atoms with van der Waals surface area (Å²) in [6.45, 7) is 9.54. The Bertz CT molecular complexity index is 1020. The molecule has 0 saturated heterocycles. The molecule has 3 rings (SSSR count). The number of amides is 1. The van der Waals surface area contributed by atoms with Crippen molar-refractivity contribution in [1.82, 2.24) is 9.78 Å². The summed E-state index contributed by atoms with van der Waals surface area (Å²) in [7, 11) is 0. The molecule has 1 aliphatic rings. The predicted octanol–water partition coefficient (Wildman–Crippen LogP) is 5.24. The van der Waals surface area contributed by atoms with Crippen LogP contribution in [-0.2, 0) is 35.1 Å². The van der Waals surface area contributed by atoms with Crippen molar-refractivity contribution in [3.8, 4) is 0 Å². The van der Waals surface area contributed by atoms with Crippen molar-refractivity contribution in [3.05, 3.63) is 33.5 Å². The van der Waals surface area contributed by atoms with Gasteiger partial charge in [-0.3, -0.25) is 9.48 Å². The molecule has 0 aromatic carbocycles. The lowest BCUT2D eigenvalue weighted by atomic mass is 9.72. The summed E-state index contributed by atoms with van der Waals surface area (Å²) in [4.78, 5) is 26.4. The summed E-state index contributed by atoms with van der Waals surface area (Å²) in [5.74, 6) is -0.606. The van der Waals surface area contributed by atoms with E-state index in [0.29, 0.717) is 22.9 Å². The number of aryl methyl sites for hydroxylation is 1. The molecule has 32 heavy (non-hydrogen) atoms. The molecule has 0 saturated carbocycles. The normalized spacial score (nSPS) is 16.6. The van der Waals surface area contributed by atoms with Crippen molar-refractivity contribution in [1.29, 1.82) is 0 Å². The number of esters is 1. The number of carbonyl (C=O) groups is 2.